The van der Waals surface area contributed by atoms with Gasteiger partial charge in [0.1, 0.15) is 0 Å². The minimum absolute atomic E-state index is 0.152. The zero-order chi connectivity index (χ0) is 12.5. The molecule has 1 aliphatic rings. The van der Waals surface area contributed by atoms with Gasteiger partial charge in [0.15, 0.2) is 9.84 Å². The molecule has 1 atom stereocenters. The average molecular weight is 318 g/mol. The van der Waals surface area contributed by atoms with Crippen molar-refractivity contribution in [1.29, 1.82) is 0 Å². The van der Waals surface area contributed by atoms with Crippen molar-refractivity contribution in [2.24, 2.45) is 0 Å². The third-order valence-corrected chi connectivity index (χ3v) is 5.57. The zero-order valence-corrected chi connectivity index (χ0v) is 12.2. The van der Waals surface area contributed by atoms with Gasteiger partial charge >= 0.3 is 0 Å². The largest absolute Gasteiger partial charge is 0.370 e. The highest BCUT2D eigenvalue weighted by Gasteiger charge is 2.20. The molecule has 0 bridgehead atoms. The Hall–Kier alpha value is -0.550. The topological polar surface area (TPSA) is 37.4 Å². The molecule has 0 N–H and O–H groups in total. The minimum Gasteiger partial charge on any atom is -0.370 e. The number of benzene rings is 1. The molecule has 1 saturated heterocycles. The summed E-state index contributed by atoms with van der Waals surface area (Å²) >= 11 is 3.60. The number of halogens is 1. The molecular formula is C12H16BrNO2S. The van der Waals surface area contributed by atoms with Gasteiger partial charge in [-0.3, -0.25) is 0 Å². The molecule has 1 heterocycles. The molecule has 2 rings (SSSR count). The van der Waals surface area contributed by atoms with Crippen molar-refractivity contribution in [1.82, 2.24) is 0 Å². The van der Waals surface area contributed by atoms with Gasteiger partial charge in [0, 0.05) is 23.6 Å². The molecule has 0 amide bonds. The third-order valence-electron chi connectivity index (χ3n) is 3.07. The van der Waals surface area contributed by atoms with Crippen molar-refractivity contribution in [3.8, 4) is 0 Å². The van der Waals surface area contributed by atoms with E-state index in [1.54, 1.807) is 19.1 Å². The van der Waals surface area contributed by atoms with E-state index in [1.165, 1.54) is 0 Å². The van der Waals surface area contributed by atoms with E-state index in [9.17, 15) is 8.42 Å². The standard InChI is InChI=1S/C12H16BrNO2S/c1-2-17(15,16)12-5-3-11(4-6-12)14-8-7-10(13)9-14/h3-6,10H,2,7-9H2,1H3. The van der Waals surface area contributed by atoms with E-state index in [1.807, 2.05) is 12.1 Å². The average Bonchev–Trinajstić information content (AvgIpc) is 2.76. The van der Waals surface area contributed by atoms with E-state index in [4.69, 9.17) is 0 Å². The van der Waals surface area contributed by atoms with Crippen LogP contribution in [-0.2, 0) is 9.84 Å². The summed E-state index contributed by atoms with van der Waals surface area (Å²) in [5.74, 6) is 0.152. The molecule has 0 radical (unpaired) electrons. The van der Waals surface area contributed by atoms with E-state index >= 15 is 0 Å². The van der Waals surface area contributed by atoms with Gasteiger partial charge in [-0.2, -0.15) is 0 Å². The van der Waals surface area contributed by atoms with Crippen LogP contribution in [0.2, 0.25) is 0 Å². The SMILES string of the molecule is CCS(=O)(=O)c1ccc(N2CCC(Br)C2)cc1. The van der Waals surface area contributed by atoms with Crippen molar-refractivity contribution >= 4 is 31.5 Å². The maximum atomic E-state index is 11.7. The Morgan fingerprint density at radius 3 is 2.47 bits per heavy atom. The number of alkyl halides is 1. The number of rotatable bonds is 3. The quantitative estimate of drug-likeness (QED) is 0.804. The summed E-state index contributed by atoms with van der Waals surface area (Å²) in [5, 5.41) is 0. The van der Waals surface area contributed by atoms with E-state index in [-0.39, 0.29) is 5.75 Å². The maximum absolute atomic E-state index is 11.7. The summed E-state index contributed by atoms with van der Waals surface area (Å²) in [4.78, 5) is 3.22. The lowest BCUT2D eigenvalue weighted by atomic mass is 10.3. The molecule has 0 saturated carbocycles. The third kappa shape index (κ3) is 2.83. The number of hydrogen-bond acceptors (Lipinski definition) is 3. The summed E-state index contributed by atoms with van der Waals surface area (Å²) < 4.78 is 23.3. The first kappa shape index (κ1) is 12.9. The van der Waals surface area contributed by atoms with Gasteiger partial charge in [-0.25, -0.2) is 8.42 Å². The molecule has 0 aromatic heterocycles. The Morgan fingerprint density at radius 2 is 2.00 bits per heavy atom. The summed E-state index contributed by atoms with van der Waals surface area (Å²) in [6.07, 6.45) is 1.13. The van der Waals surface area contributed by atoms with E-state index in [0.29, 0.717) is 9.72 Å². The number of nitrogens with zero attached hydrogens (tertiary/aromatic N) is 1. The first-order valence-corrected chi connectivity index (χ1v) is 8.31. The summed E-state index contributed by atoms with van der Waals surface area (Å²) in [5.41, 5.74) is 1.10. The zero-order valence-electron chi connectivity index (χ0n) is 9.77. The van der Waals surface area contributed by atoms with Crippen LogP contribution in [0.4, 0.5) is 5.69 Å². The molecule has 0 spiro atoms. The predicted molar refractivity (Wildman–Crippen MR) is 73.7 cm³/mol. The highest BCUT2D eigenvalue weighted by Crippen LogP contribution is 2.25. The van der Waals surface area contributed by atoms with Crippen LogP contribution in [0.3, 0.4) is 0 Å². The van der Waals surface area contributed by atoms with Crippen LogP contribution in [0.5, 0.6) is 0 Å². The first-order chi connectivity index (χ1) is 8.03. The molecule has 17 heavy (non-hydrogen) atoms. The van der Waals surface area contributed by atoms with E-state index < -0.39 is 9.84 Å². The van der Waals surface area contributed by atoms with Gasteiger partial charge in [-0.15, -0.1) is 0 Å². The van der Waals surface area contributed by atoms with E-state index in [0.717, 1.165) is 25.2 Å². The van der Waals surface area contributed by atoms with Crippen LogP contribution in [0, 0.1) is 0 Å². The van der Waals surface area contributed by atoms with Crippen molar-refractivity contribution in [3.05, 3.63) is 24.3 Å². The molecule has 1 aromatic rings. The second kappa shape index (κ2) is 4.98. The van der Waals surface area contributed by atoms with Gasteiger partial charge in [-0.1, -0.05) is 22.9 Å². The Kier molecular flexibility index (Phi) is 3.78. The first-order valence-electron chi connectivity index (χ1n) is 5.75. The molecule has 0 aliphatic carbocycles. The van der Waals surface area contributed by atoms with Gasteiger partial charge in [0.2, 0.25) is 0 Å². The monoisotopic (exact) mass is 317 g/mol. The fraction of sp³-hybridized carbons (Fsp3) is 0.500. The molecule has 94 valence electrons. The Morgan fingerprint density at radius 1 is 1.35 bits per heavy atom. The lowest BCUT2D eigenvalue weighted by Crippen LogP contribution is -2.19. The second-order valence-corrected chi connectivity index (χ2v) is 7.80. The Bertz CT molecular complexity index is 484. The fourth-order valence-corrected chi connectivity index (χ4v) is 3.42. The van der Waals surface area contributed by atoms with Crippen LogP contribution in [0.15, 0.2) is 29.2 Å². The van der Waals surface area contributed by atoms with Crippen molar-refractivity contribution in [3.63, 3.8) is 0 Å². The van der Waals surface area contributed by atoms with Crippen LogP contribution in [0.1, 0.15) is 13.3 Å². The molecule has 5 heteroatoms. The maximum Gasteiger partial charge on any atom is 0.178 e. The summed E-state index contributed by atoms with van der Waals surface area (Å²) in [6, 6.07) is 7.20. The highest BCUT2D eigenvalue weighted by molar-refractivity contribution is 9.09. The molecule has 3 nitrogen and oxygen atoms in total. The normalized spacial score (nSPS) is 20.8. The molecule has 1 unspecified atom stereocenters. The van der Waals surface area contributed by atoms with Crippen LogP contribution in [0.25, 0.3) is 0 Å². The Labute approximate surface area is 111 Å². The lowest BCUT2D eigenvalue weighted by Gasteiger charge is -2.18. The fourth-order valence-electron chi connectivity index (χ4n) is 1.98. The van der Waals surface area contributed by atoms with Crippen LogP contribution < -0.4 is 4.90 Å². The summed E-state index contributed by atoms with van der Waals surface area (Å²) in [7, 11) is -3.08. The predicted octanol–water partition coefficient (Wildman–Crippen LogP) is 2.45. The molecule has 1 fully saturated rings. The van der Waals surface area contributed by atoms with Crippen LogP contribution >= 0.6 is 15.9 Å². The lowest BCUT2D eigenvalue weighted by molar-refractivity contribution is 0.597. The smallest absolute Gasteiger partial charge is 0.178 e. The van der Waals surface area contributed by atoms with Crippen LogP contribution in [-0.4, -0.2) is 32.1 Å². The second-order valence-electron chi connectivity index (χ2n) is 4.23. The van der Waals surface area contributed by atoms with Gasteiger partial charge in [-0.05, 0) is 30.7 Å². The number of hydrogen-bond donors (Lipinski definition) is 0. The molecule has 1 aromatic carbocycles. The highest BCUT2D eigenvalue weighted by atomic mass is 79.9. The van der Waals surface area contributed by atoms with Gasteiger partial charge < -0.3 is 4.90 Å². The number of sulfone groups is 1. The van der Waals surface area contributed by atoms with Gasteiger partial charge in [0.25, 0.3) is 0 Å². The molecular weight excluding hydrogens is 302 g/mol. The van der Waals surface area contributed by atoms with E-state index in [2.05, 4.69) is 20.8 Å². The van der Waals surface area contributed by atoms with Crippen molar-refractivity contribution < 1.29 is 8.42 Å². The Balaban J connectivity index is 2.19. The van der Waals surface area contributed by atoms with Crippen molar-refractivity contribution in [2.45, 2.75) is 23.1 Å². The molecule has 1 aliphatic heterocycles. The summed E-state index contributed by atoms with van der Waals surface area (Å²) in [6.45, 7) is 3.68. The van der Waals surface area contributed by atoms with Crippen molar-refractivity contribution in [2.75, 3.05) is 23.7 Å². The van der Waals surface area contributed by atoms with Gasteiger partial charge in [0.05, 0.1) is 10.6 Å². The minimum atomic E-state index is -3.08. The number of anilines is 1.